The third kappa shape index (κ3) is 5.40. The van der Waals surface area contributed by atoms with Gasteiger partial charge in [-0.25, -0.2) is 4.79 Å². The Hall–Kier alpha value is -0.930. The molecule has 0 radical (unpaired) electrons. The van der Waals surface area contributed by atoms with Crippen LogP contribution in [-0.2, 0) is 14.4 Å². The van der Waals surface area contributed by atoms with Crippen LogP contribution in [0.3, 0.4) is 0 Å². The van der Waals surface area contributed by atoms with Gasteiger partial charge in [0.25, 0.3) is 0 Å². The summed E-state index contributed by atoms with van der Waals surface area (Å²) in [7, 11) is 2.69. The molecule has 1 aliphatic rings. The van der Waals surface area contributed by atoms with Gasteiger partial charge in [-0.15, -0.1) is 0 Å². The van der Waals surface area contributed by atoms with Gasteiger partial charge in [-0.3, -0.25) is 9.59 Å². The van der Waals surface area contributed by atoms with Crippen molar-refractivity contribution in [1.82, 2.24) is 4.90 Å². The minimum atomic E-state index is -1.05. The van der Waals surface area contributed by atoms with Crippen LogP contribution >= 0.6 is 21.6 Å². The number of likely N-dealkylation sites (tertiary alicyclic amines) is 1. The molecule has 0 unspecified atom stereocenters. The molecule has 0 aromatic carbocycles. The summed E-state index contributed by atoms with van der Waals surface area (Å²) in [6.45, 7) is 2.24. The first-order valence-electron chi connectivity index (χ1n) is 6.60. The minimum absolute atomic E-state index is 0.157. The smallest absolute Gasteiger partial charge is 0.326 e. The largest absolute Gasteiger partial charge is 0.480 e. The number of nitrogens with two attached hydrogens (primary N) is 1. The molecule has 9 heteroatoms. The van der Waals surface area contributed by atoms with Crippen LogP contribution in [0.2, 0.25) is 0 Å². The molecule has 7 nitrogen and oxygen atoms in total. The molecular weight excluding hydrogens is 316 g/mol. The molecule has 0 aromatic heterocycles. The molecule has 1 fully saturated rings. The first kappa shape index (κ1) is 18.1. The fourth-order valence-corrected chi connectivity index (χ4v) is 4.44. The van der Waals surface area contributed by atoms with Gasteiger partial charge >= 0.3 is 11.9 Å². The third-order valence-corrected chi connectivity index (χ3v) is 5.82. The summed E-state index contributed by atoms with van der Waals surface area (Å²) in [5, 5.41) is 17.7. The lowest BCUT2D eigenvalue weighted by Gasteiger charge is -2.24. The Bertz CT molecular complexity index is 407. The van der Waals surface area contributed by atoms with Gasteiger partial charge in [0.1, 0.15) is 12.1 Å². The van der Waals surface area contributed by atoms with Crippen molar-refractivity contribution in [2.75, 3.05) is 18.1 Å². The molecule has 0 aromatic rings. The molecule has 1 heterocycles. The molecule has 0 spiro atoms. The molecule has 0 saturated carbocycles. The van der Waals surface area contributed by atoms with E-state index in [-0.39, 0.29) is 17.6 Å². The maximum Gasteiger partial charge on any atom is 0.326 e. The van der Waals surface area contributed by atoms with Crippen molar-refractivity contribution in [3.05, 3.63) is 0 Å². The van der Waals surface area contributed by atoms with Gasteiger partial charge in [-0.05, 0) is 12.8 Å². The molecular formula is C12H20N2O5S2. The average molecular weight is 336 g/mol. The monoisotopic (exact) mass is 336 g/mol. The van der Waals surface area contributed by atoms with Crippen LogP contribution in [0.1, 0.15) is 19.8 Å². The number of nitrogens with zero attached hydrogens (tertiary/aromatic N) is 1. The molecule has 1 aliphatic heterocycles. The maximum absolute atomic E-state index is 12.2. The Morgan fingerprint density at radius 3 is 2.48 bits per heavy atom. The predicted octanol–water partition coefficient (Wildman–Crippen LogP) is 0.491. The highest BCUT2D eigenvalue weighted by Gasteiger charge is 2.35. The topological polar surface area (TPSA) is 121 Å². The van der Waals surface area contributed by atoms with Gasteiger partial charge in [-0.2, -0.15) is 0 Å². The van der Waals surface area contributed by atoms with Gasteiger partial charge in [0, 0.05) is 24.0 Å². The van der Waals surface area contributed by atoms with Crippen LogP contribution in [0.25, 0.3) is 0 Å². The van der Waals surface area contributed by atoms with Gasteiger partial charge in [-0.1, -0.05) is 28.5 Å². The van der Waals surface area contributed by atoms with Gasteiger partial charge in [0.05, 0.1) is 0 Å². The second kappa shape index (κ2) is 8.50. The Morgan fingerprint density at radius 2 is 1.90 bits per heavy atom. The summed E-state index contributed by atoms with van der Waals surface area (Å²) in [5.74, 6) is -1.70. The first-order chi connectivity index (χ1) is 9.84. The number of carboxylic acid groups (broad SMARTS) is 2. The van der Waals surface area contributed by atoms with Crippen LogP contribution in [-0.4, -0.2) is 63.1 Å². The average Bonchev–Trinajstić information content (AvgIpc) is 2.91. The summed E-state index contributed by atoms with van der Waals surface area (Å²) in [6.07, 6.45) is 1.22. The number of rotatable bonds is 8. The quantitative estimate of drug-likeness (QED) is 0.432. The van der Waals surface area contributed by atoms with Gasteiger partial charge in [0.15, 0.2) is 0 Å². The van der Waals surface area contributed by atoms with Gasteiger partial charge in [0.2, 0.25) is 5.91 Å². The zero-order valence-electron chi connectivity index (χ0n) is 11.7. The number of carbonyl (C=O) groups is 3. The molecule has 120 valence electrons. The molecule has 1 saturated heterocycles. The summed E-state index contributed by atoms with van der Waals surface area (Å²) in [4.78, 5) is 35.3. The van der Waals surface area contributed by atoms with Crippen molar-refractivity contribution in [2.45, 2.75) is 31.8 Å². The number of hydrogen-bond donors (Lipinski definition) is 3. The third-order valence-electron chi connectivity index (χ3n) is 3.21. The van der Waals surface area contributed by atoms with Crippen molar-refractivity contribution in [2.24, 2.45) is 11.7 Å². The number of amides is 1. The van der Waals surface area contributed by atoms with Crippen molar-refractivity contribution in [3.63, 3.8) is 0 Å². The lowest BCUT2D eigenvalue weighted by atomic mass is 10.1. The van der Waals surface area contributed by atoms with E-state index in [0.717, 1.165) is 0 Å². The fraction of sp³-hybridized carbons (Fsp3) is 0.750. The van der Waals surface area contributed by atoms with Crippen molar-refractivity contribution < 1.29 is 24.6 Å². The van der Waals surface area contributed by atoms with Gasteiger partial charge < -0.3 is 20.8 Å². The molecule has 0 aliphatic carbocycles. The fourth-order valence-electron chi connectivity index (χ4n) is 1.98. The highest BCUT2D eigenvalue weighted by Crippen LogP contribution is 2.27. The highest BCUT2D eigenvalue weighted by molar-refractivity contribution is 8.76. The Labute approximate surface area is 131 Å². The van der Waals surface area contributed by atoms with E-state index >= 15 is 0 Å². The minimum Gasteiger partial charge on any atom is -0.480 e. The Balaban J connectivity index is 2.34. The summed E-state index contributed by atoms with van der Waals surface area (Å²) < 4.78 is 0. The van der Waals surface area contributed by atoms with E-state index in [2.05, 4.69) is 0 Å². The normalized spacial score (nSPS) is 21.0. The van der Waals surface area contributed by atoms with E-state index in [1.54, 1.807) is 6.92 Å². The van der Waals surface area contributed by atoms with E-state index in [9.17, 15) is 14.4 Å². The highest BCUT2D eigenvalue weighted by atomic mass is 33.1. The Kier molecular flexibility index (Phi) is 7.33. The zero-order chi connectivity index (χ0) is 16.0. The standard InChI is InChI=1S/C12H20N2O5S2/c1-7(5-20-21-6-8(13)11(16)17)10(15)14-4-2-3-9(14)12(18)19/h7-9H,2-6,13H2,1H3,(H,16,17)(H,18,19)/t7-,8+,9+/m1/s1. The summed E-state index contributed by atoms with van der Waals surface area (Å²) in [6, 6.07) is -1.62. The maximum atomic E-state index is 12.2. The lowest BCUT2D eigenvalue weighted by molar-refractivity contribution is -0.149. The molecule has 3 atom stereocenters. The SMILES string of the molecule is C[C@H](CSSC[C@H](N)C(=O)O)C(=O)N1CCC[C@H]1C(=O)O. The van der Waals surface area contributed by atoms with E-state index < -0.39 is 24.0 Å². The van der Waals surface area contributed by atoms with Crippen LogP contribution in [0, 0.1) is 5.92 Å². The van der Waals surface area contributed by atoms with Crippen LogP contribution in [0.4, 0.5) is 0 Å². The molecule has 1 amide bonds. The lowest BCUT2D eigenvalue weighted by Crippen LogP contribution is -2.43. The molecule has 4 N–H and O–H groups in total. The van der Waals surface area contributed by atoms with Crippen molar-refractivity contribution in [3.8, 4) is 0 Å². The van der Waals surface area contributed by atoms with Crippen molar-refractivity contribution in [1.29, 1.82) is 0 Å². The molecule has 21 heavy (non-hydrogen) atoms. The number of carbonyl (C=O) groups excluding carboxylic acids is 1. The van der Waals surface area contributed by atoms with E-state index in [1.165, 1.54) is 26.5 Å². The number of hydrogen-bond acceptors (Lipinski definition) is 6. The summed E-state index contributed by atoms with van der Waals surface area (Å²) >= 11 is 0. The van der Waals surface area contributed by atoms with Crippen LogP contribution < -0.4 is 5.73 Å². The summed E-state index contributed by atoms with van der Waals surface area (Å²) in [5.41, 5.74) is 5.37. The number of carboxylic acids is 2. The van der Waals surface area contributed by atoms with E-state index in [1.807, 2.05) is 0 Å². The van der Waals surface area contributed by atoms with E-state index in [0.29, 0.717) is 25.1 Å². The Morgan fingerprint density at radius 1 is 1.29 bits per heavy atom. The second-order valence-corrected chi connectivity index (χ2v) is 7.49. The second-order valence-electron chi connectivity index (χ2n) is 4.94. The zero-order valence-corrected chi connectivity index (χ0v) is 13.4. The van der Waals surface area contributed by atoms with Crippen LogP contribution in [0.5, 0.6) is 0 Å². The van der Waals surface area contributed by atoms with Crippen molar-refractivity contribution >= 4 is 39.4 Å². The van der Waals surface area contributed by atoms with E-state index in [4.69, 9.17) is 15.9 Å². The first-order valence-corrected chi connectivity index (χ1v) is 9.09. The molecule has 0 bridgehead atoms. The number of aliphatic carboxylic acids is 2. The molecule has 1 rings (SSSR count). The predicted molar refractivity (Wildman–Crippen MR) is 82.1 cm³/mol. The van der Waals surface area contributed by atoms with Crippen LogP contribution in [0.15, 0.2) is 0 Å².